The second-order valence-electron chi connectivity index (χ2n) is 8.32. The molecule has 2 amide bonds. The molecule has 0 aromatic carbocycles. The van der Waals surface area contributed by atoms with Gasteiger partial charge in [-0.1, -0.05) is 6.42 Å². The fourth-order valence-electron chi connectivity index (χ4n) is 4.92. The van der Waals surface area contributed by atoms with Gasteiger partial charge in [-0.05, 0) is 50.9 Å². The molecule has 134 valence electrons. The van der Waals surface area contributed by atoms with E-state index in [1.54, 1.807) is 0 Å². The monoisotopic (exact) mass is 334 g/mol. The summed E-state index contributed by atoms with van der Waals surface area (Å²) in [5, 5.41) is 0. The van der Waals surface area contributed by atoms with Gasteiger partial charge in [-0.2, -0.15) is 0 Å². The highest BCUT2D eigenvalue weighted by atomic mass is 16.5. The molecule has 5 heteroatoms. The summed E-state index contributed by atoms with van der Waals surface area (Å²) in [4.78, 5) is 29.8. The van der Waals surface area contributed by atoms with E-state index in [0.29, 0.717) is 19.1 Å². The van der Waals surface area contributed by atoms with Crippen LogP contribution in [-0.4, -0.2) is 61.0 Å². The maximum atomic E-state index is 13.0. The van der Waals surface area contributed by atoms with Gasteiger partial charge in [0.1, 0.15) is 0 Å². The van der Waals surface area contributed by atoms with E-state index in [1.807, 2.05) is 4.90 Å². The first kappa shape index (κ1) is 16.4. The van der Waals surface area contributed by atoms with Gasteiger partial charge in [0.15, 0.2) is 0 Å². The standard InChI is InChI=1S/C19H30N2O3/c22-17(16-5-12-24-14-16)20-9-2-6-19(7-10-20)8-11-21(18(19)23)13-15-3-1-4-15/h15-16H,1-14H2. The lowest BCUT2D eigenvalue weighted by Gasteiger charge is -2.32. The maximum absolute atomic E-state index is 13.0. The Hall–Kier alpha value is -1.10. The maximum Gasteiger partial charge on any atom is 0.228 e. The predicted molar refractivity (Wildman–Crippen MR) is 90.3 cm³/mol. The minimum atomic E-state index is -0.176. The van der Waals surface area contributed by atoms with E-state index >= 15 is 0 Å². The van der Waals surface area contributed by atoms with Gasteiger partial charge in [-0.15, -0.1) is 0 Å². The van der Waals surface area contributed by atoms with Gasteiger partial charge in [0, 0.05) is 32.8 Å². The molecule has 0 bridgehead atoms. The van der Waals surface area contributed by atoms with Crippen molar-refractivity contribution in [2.75, 3.05) is 39.4 Å². The molecule has 3 aliphatic heterocycles. The minimum absolute atomic E-state index is 0.0495. The Morgan fingerprint density at radius 2 is 1.92 bits per heavy atom. The Labute approximate surface area is 144 Å². The lowest BCUT2D eigenvalue weighted by molar-refractivity contribution is -0.139. The first-order chi connectivity index (χ1) is 11.7. The molecule has 3 heterocycles. The van der Waals surface area contributed by atoms with E-state index < -0.39 is 0 Å². The van der Waals surface area contributed by atoms with Crippen LogP contribution in [0.2, 0.25) is 0 Å². The lowest BCUT2D eigenvalue weighted by atomic mass is 9.79. The van der Waals surface area contributed by atoms with Crippen LogP contribution in [0.25, 0.3) is 0 Å². The van der Waals surface area contributed by atoms with E-state index in [-0.39, 0.29) is 17.2 Å². The highest BCUT2D eigenvalue weighted by Crippen LogP contribution is 2.43. The lowest BCUT2D eigenvalue weighted by Crippen LogP contribution is -2.40. The number of carbonyl (C=O) groups excluding carboxylic acids is 2. The van der Waals surface area contributed by atoms with Crippen molar-refractivity contribution >= 4 is 11.8 Å². The molecule has 24 heavy (non-hydrogen) atoms. The van der Waals surface area contributed by atoms with Gasteiger partial charge in [0.25, 0.3) is 0 Å². The molecule has 4 rings (SSSR count). The second kappa shape index (κ2) is 6.66. The summed E-state index contributed by atoms with van der Waals surface area (Å²) in [6.07, 6.45) is 8.54. The third kappa shape index (κ3) is 2.96. The van der Waals surface area contributed by atoms with Gasteiger partial charge in [0.05, 0.1) is 17.9 Å². The van der Waals surface area contributed by atoms with Crippen molar-refractivity contribution in [3.63, 3.8) is 0 Å². The second-order valence-corrected chi connectivity index (χ2v) is 8.32. The molecule has 2 atom stereocenters. The largest absolute Gasteiger partial charge is 0.381 e. The Balaban J connectivity index is 1.37. The first-order valence-corrected chi connectivity index (χ1v) is 9.84. The molecule has 4 fully saturated rings. The first-order valence-electron chi connectivity index (χ1n) is 9.84. The van der Waals surface area contributed by atoms with Crippen molar-refractivity contribution in [3.05, 3.63) is 0 Å². The highest BCUT2D eigenvalue weighted by Gasteiger charge is 2.48. The SMILES string of the molecule is O=C(C1CCOC1)N1CCCC2(CC1)CCN(CC1CCC1)C2=O. The van der Waals surface area contributed by atoms with Crippen LogP contribution in [0.15, 0.2) is 0 Å². The van der Waals surface area contributed by atoms with Crippen LogP contribution >= 0.6 is 0 Å². The van der Waals surface area contributed by atoms with Gasteiger partial charge in [-0.3, -0.25) is 9.59 Å². The van der Waals surface area contributed by atoms with Gasteiger partial charge in [-0.25, -0.2) is 0 Å². The van der Waals surface area contributed by atoms with Gasteiger partial charge in [0.2, 0.25) is 11.8 Å². The van der Waals surface area contributed by atoms with Crippen molar-refractivity contribution in [3.8, 4) is 0 Å². The fourth-order valence-corrected chi connectivity index (χ4v) is 4.92. The summed E-state index contributed by atoms with van der Waals surface area (Å²) in [7, 11) is 0. The quantitative estimate of drug-likeness (QED) is 0.794. The van der Waals surface area contributed by atoms with Crippen LogP contribution in [0.1, 0.15) is 51.4 Å². The molecule has 4 aliphatic rings. The minimum Gasteiger partial charge on any atom is -0.381 e. The van der Waals surface area contributed by atoms with Crippen LogP contribution in [0.3, 0.4) is 0 Å². The van der Waals surface area contributed by atoms with Crippen LogP contribution in [0, 0.1) is 17.3 Å². The molecule has 0 radical (unpaired) electrons. The highest BCUT2D eigenvalue weighted by molar-refractivity contribution is 5.85. The van der Waals surface area contributed by atoms with Crippen molar-refractivity contribution in [2.24, 2.45) is 17.3 Å². The number of hydrogen-bond acceptors (Lipinski definition) is 3. The number of amides is 2. The molecule has 1 saturated carbocycles. The van der Waals surface area contributed by atoms with Crippen molar-refractivity contribution in [2.45, 2.75) is 51.4 Å². The molecule has 1 spiro atoms. The molecule has 0 aromatic rings. The zero-order valence-electron chi connectivity index (χ0n) is 14.7. The van der Waals surface area contributed by atoms with Crippen molar-refractivity contribution in [1.82, 2.24) is 9.80 Å². The van der Waals surface area contributed by atoms with E-state index in [1.165, 1.54) is 19.3 Å². The van der Waals surface area contributed by atoms with Crippen LogP contribution in [0.5, 0.6) is 0 Å². The number of ether oxygens (including phenoxy) is 1. The smallest absolute Gasteiger partial charge is 0.228 e. The summed E-state index contributed by atoms with van der Waals surface area (Å²) in [5.74, 6) is 1.43. The Kier molecular flexibility index (Phi) is 4.54. The summed E-state index contributed by atoms with van der Waals surface area (Å²) in [5.41, 5.74) is -0.176. The van der Waals surface area contributed by atoms with Crippen molar-refractivity contribution < 1.29 is 14.3 Å². The molecule has 3 saturated heterocycles. The molecular weight excluding hydrogens is 304 g/mol. The number of carbonyl (C=O) groups is 2. The van der Waals surface area contributed by atoms with E-state index in [0.717, 1.165) is 64.2 Å². The normalized spacial score (nSPS) is 34.7. The molecule has 1 aliphatic carbocycles. The van der Waals surface area contributed by atoms with Gasteiger partial charge < -0.3 is 14.5 Å². The third-order valence-corrected chi connectivity index (χ3v) is 6.84. The van der Waals surface area contributed by atoms with Crippen molar-refractivity contribution in [1.29, 1.82) is 0 Å². The number of likely N-dealkylation sites (tertiary alicyclic amines) is 2. The Morgan fingerprint density at radius 1 is 1.08 bits per heavy atom. The molecule has 0 aromatic heterocycles. The van der Waals surface area contributed by atoms with Crippen LogP contribution < -0.4 is 0 Å². The third-order valence-electron chi connectivity index (χ3n) is 6.84. The number of rotatable bonds is 3. The topological polar surface area (TPSA) is 49.9 Å². The summed E-state index contributed by atoms with van der Waals surface area (Å²) in [6, 6.07) is 0. The average Bonchev–Trinajstić information content (AvgIpc) is 3.10. The predicted octanol–water partition coefficient (Wildman–Crippen LogP) is 2.05. The van der Waals surface area contributed by atoms with Crippen LogP contribution in [0.4, 0.5) is 0 Å². The molecular formula is C19H30N2O3. The summed E-state index contributed by atoms with van der Waals surface area (Å²) >= 11 is 0. The average molecular weight is 334 g/mol. The van der Waals surface area contributed by atoms with Crippen LogP contribution in [-0.2, 0) is 14.3 Å². The zero-order chi connectivity index (χ0) is 16.6. The van der Waals surface area contributed by atoms with E-state index in [2.05, 4.69) is 4.90 Å². The molecule has 0 N–H and O–H groups in total. The van der Waals surface area contributed by atoms with Gasteiger partial charge >= 0.3 is 0 Å². The molecule has 5 nitrogen and oxygen atoms in total. The van der Waals surface area contributed by atoms with E-state index in [9.17, 15) is 9.59 Å². The Bertz CT molecular complexity index is 499. The zero-order valence-corrected chi connectivity index (χ0v) is 14.7. The number of hydrogen-bond donors (Lipinski definition) is 0. The molecule has 2 unspecified atom stereocenters. The summed E-state index contributed by atoms with van der Waals surface area (Å²) in [6.45, 7) is 4.76. The summed E-state index contributed by atoms with van der Waals surface area (Å²) < 4.78 is 5.37. The number of nitrogens with zero attached hydrogens (tertiary/aromatic N) is 2. The van der Waals surface area contributed by atoms with E-state index in [4.69, 9.17) is 4.74 Å². The fraction of sp³-hybridized carbons (Fsp3) is 0.895. The Morgan fingerprint density at radius 3 is 2.62 bits per heavy atom.